The van der Waals surface area contributed by atoms with Crippen molar-refractivity contribution in [1.82, 2.24) is 19.4 Å². The Hall–Kier alpha value is -0.760. The first-order valence-electron chi connectivity index (χ1n) is 5.92. The van der Waals surface area contributed by atoms with E-state index in [9.17, 15) is 0 Å². The molecule has 17 heavy (non-hydrogen) atoms. The second kappa shape index (κ2) is 6.25. The SMILES string of the molecule is Nc1snnc1CN1CCCN(CCO)CC1. The second-order valence-corrected chi connectivity index (χ2v) is 5.06. The number of aliphatic hydroxyl groups excluding tert-OH is 1. The van der Waals surface area contributed by atoms with Gasteiger partial charge in [0, 0.05) is 37.7 Å². The molecule has 0 spiro atoms. The summed E-state index contributed by atoms with van der Waals surface area (Å²) in [5, 5.41) is 13.7. The van der Waals surface area contributed by atoms with Gasteiger partial charge in [-0.2, -0.15) is 0 Å². The molecule has 0 aliphatic carbocycles. The number of β-amino-alcohol motifs (C(OH)–C–C–N with tert-alkyl or cyclic N) is 1. The molecule has 0 atom stereocenters. The smallest absolute Gasteiger partial charge is 0.132 e. The Bertz CT molecular complexity index is 345. The van der Waals surface area contributed by atoms with E-state index in [1.807, 2.05) is 0 Å². The molecule has 0 aromatic carbocycles. The van der Waals surface area contributed by atoms with Crippen LogP contribution in [0.4, 0.5) is 5.00 Å². The zero-order valence-electron chi connectivity index (χ0n) is 9.88. The number of aromatic nitrogens is 2. The Morgan fingerprint density at radius 3 is 2.71 bits per heavy atom. The summed E-state index contributed by atoms with van der Waals surface area (Å²) >= 11 is 1.25. The van der Waals surface area contributed by atoms with Crippen molar-refractivity contribution in [1.29, 1.82) is 0 Å². The number of nitrogen functional groups attached to an aromatic ring is 1. The third kappa shape index (κ3) is 3.60. The van der Waals surface area contributed by atoms with Gasteiger partial charge in [-0.05, 0) is 19.5 Å². The molecule has 96 valence electrons. The van der Waals surface area contributed by atoms with Crippen molar-refractivity contribution in [3.63, 3.8) is 0 Å². The predicted octanol–water partition coefficient (Wildman–Crippen LogP) is -0.380. The lowest BCUT2D eigenvalue weighted by molar-refractivity contribution is 0.195. The van der Waals surface area contributed by atoms with Crippen molar-refractivity contribution < 1.29 is 5.11 Å². The second-order valence-electron chi connectivity index (χ2n) is 4.28. The van der Waals surface area contributed by atoms with Gasteiger partial charge in [0.25, 0.3) is 0 Å². The van der Waals surface area contributed by atoms with Crippen molar-refractivity contribution in [3.8, 4) is 0 Å². The van der Waals surface area contributed by atoms with Gasteiger partial charge >= 0.3 is 0 Å². The van der Waals surface area contributed by atoms with Crippen LogP contribution in [0.3, 0.4) is 0 Å². The largest absolute Gasteiger partial charge is 0.395 e. The van der Waals surface area contributed by atoms with Crippen LogP contribution in [0.1, 0.15) is 12.1 Å². The van der Waals surface area contributed by atoms with Crippen LogP contribution in [-0.2, 0) is 6.54 Å². The first kappa shape index (κ1) is 12.7. The Kier molecular flexibility index (Phi) is 4.66. The van der Waals surface area contributed by atoms with E-state index in [2.05, 4.69) is 19.4 Å². The maximum atomic E-state index is 8.93. The molecule has 0 bridgehead atoms. The Morgan fingerprint density at radius 1 is 1.24 bits per heavy atom. The summed E-state index contributed by atoms with van der Waals surface area (Å²) in [5.41, 5.74) is 6.69. The number of hydrogen-bond donors (Lipinski definition) is 2. The summed E-state index contributed by atoms with van der Waals surface area (Å²) in [6.45, 7) is 5.90. The first-order valence-corrected chi connectivity index (χ1v) is 6.69. The predicted molar refractivity (Wildman–Crippen MR) is 67.7 cm³/mol. The number of anilines is 1. The molecule has 1 aliphatic rings. The van der Waals surface area contributed by atoms with Gasteiger partial charge in [-0.15, -0.1) is 5.10 Å². The van der Waals surface area contributed by atoms with E-state index < -0.39 is 0 Å². The van der Waals surface area contributed by atoms with Crippen molar-refractivity contribution in [2.45, 2.75) is 13.0 Å². The molecule has 0 radical (unpaired) electrons. The molecule has 1 aliphatic heterocycles. The summed E-state index contributed by atoms with van der Waals surface area (Å²) in [7, 11) is 0. The van der Waals surface area contributed by atoms with E-state index in [1.165, 1.54) is 11.5 Å². The van der Waals surface area contributed by atoms with E-state index in [-0.39, 0.29) is 6.61 Å². The topological polar surface area (TPSA) is 78.5 Å². The molecule has 6 nitrogen and oxygen atoms in total. The molecule has 0 unspecified atom stereocenters. The molecule has 0 amide bonds. The Labute approximate surface area is 105 Å². The lowest BCUT2D eigenvalue weighted by Crippen LogP contribution is -2.32. The highest BCUT2D eigenvalue weighted by molar-refractivity contribution is 7.09. The van der Waals surface area contributed by atoms with Crippen LogP contribution in [-0.4, -0.2) is 63.8 Å². The van der Waals surface area contributed by atoms with E-state index in [0.717, 1.165) is 56.4 Å². The van der Waals surface area contributed by atoms with Crippen LogP contribution in [0.25, 0.3) is 0 Å². The van der Waals surface area contributed by atoms with Crippen LogP contribution in [0.5, 0.6) is 0 Å². The highest BCUT2D eigenvalue weighted by Crippen LogP contribution is 2.15. The zero-order chi connectivity index (χ0) is 12.1. The van der Waals surface area contributed by atoms with Crippen LogP contribution in [0, 0.1) is 0 Å². The van der Waals surface area contributed by atoms with Crippen LogP contribution < -0.4 is 5.73 Å². The first-order chi connectivity index (χ1) is 8.29. The van der Waals surface area contributed by atoms with Gasteiger partial charge in [-0.3, -0.25) is 9.80 Å². The highest BCUT2D eigenvalue weighted by Gasteiger charge is 2.16. The average molecular weight is 257 g/mol. The molecule has 0 saturated carbocycles. The summed E-state index contributed by atoms with van der Waals surface area (Å²) in [5.74, 6) is 0. The van der Waals surface area contributed by atoms with Crippen LogP contribution in [0.15, 0.2) is 0 Å². The number of nitrogens with two attached hydrogens (primary N) is 1. The van der Waals surface area contributed by atoms with Crippen LogP contribution >= 0.6 is 11.5 Å². The molecule has 2 rings (SSSR count). The van der Waals surface area contributed by atoms with Gasteiger partial charge in [0.1, 0.15) is 10.7 Å². The summed E-state index contributed by atoms with van der Waals surface area (Å²) in [6.07, 6.45) is 1.12. The standard InChI is InChI=1S/C10H19N5OS/c11-10-9(12-13-17-10)8-15-3-1-2-14(4-5-15)6-7-16/h16H,1-8,11H2. The van der Waals surface area contributed by atoms with Gasteiger partial charge in [0.05, 0.1) is 6.61 Å². The fourth-order valence-electron chi connectivity index (χ4n) is 2.08. The lowest BCUT2D eigenvalue weighted by atomic mass is 10.3. The Balaban J connectivity index is 1.85. The molecule has 1 saturated heterocycles. The van der Waals surface area contributed by atoms with Gasteiger partial charge in [0.2, 0.25) is 0 Å². The Morgan fingerprint density at radius 2 is 2.00 bits per heavy atom. The molecule has 1 aromatic heterocycles. The minimum atomic E-state index is 0.239. The van der Waals surface area contributed by atoms with Gasteiger partial charge in [-0.25, -0.2) is 0 Å². The summed E-state index contributed by atoms with van der Waals surface area (Å²) < 4.78 is 3.85. The number of aliphatic hydroxyl groups is 1. The van der Waals surface area contributed by atoms with Gasteiger partial charge < -0.3 is 10.8 Å². The number of nitrogens with zero attached hydrogens (tertiary/aromatic N) is 4. The fourth-order valence-corrected chi connectivity index (χ4v) is 2.52. The van der Waals surface area contributed by atoms with E-state index >= 15 is 0 Å². The molecular formula is C10H19N5OS. The lowest BCUT2D eigenvalue weighted by Gasteiger charge is -2.20. The fraction of sp³-hybridized carbons (Fsp3) is 0.800. The molecule has 1 fully saturated rings. The van der Waals surface area contributed by atoms with E-state index in [0.29, 0.717) is 0 Å². The molecular weight excluding hydrogens is 238 g/mol. The third-order valence-corrected chi connectivity index (χ3v) is 3.65. The van der Waals surface area contributed by atoms with E-state index in [4.69, 9.17) is 10.8 Å². The van der Waals surface area contributed by atoms with Crippen molar-refractivity contribution in [3.05, 3.63) is 5.69 Å². The van der Waals surface area contributed by atoms with E-state index in [1.54, 1.807) is 0 Å². The summed E-state index contributed by atoms with van der Waals surface area (Å²) in [4.78, 5) is 4.65. The van der Waals surface area contributed by atoms with Gasteiger partial charge in [-0.1, -0.05) is 4.49 Å². The minimum Gasteiger partial charge on any atom is -0.395 e. The zero-order valence-corrected chi connectivity index (χ0v) is 10.7. The maximum Gasteiger partial charge on any atom is 0.132 e. The number of rotatable bonds is 4. The quantitative estimate of drug-likeness (QED) is 0.765. The number of hydrogen-bond acceptors (Lipinski definition) is 7. The molecule has 2 heterocycles. The van der Waals surface area contributed by atoms with Gasteiger partial charge in [0.15, 0.2) is 0 Å². The summed E-state index contributed by atoms with van der Waals surface area (Å²) in [6, 6.07) is 0. The average Bonchev–Trinajstić information content (AvgIpc) is 2.59. The normalized spacial score (nSPS) is 19.4. The maximum absolute atomic E-state index is 8.93. The molecule has 1 aromatic rings. The molecule has 3 N–H and O–H groups in total. The molecule has 7 heteroatoms. The monoisotopic (exact) mass is 257 g/mol. The van der Waals surface area contributed by atoms with Crippen molar-refractivity contribution in [2.24, 2.45) is 0 Å². The minimum absolute atomic E-state index is 0.239. The third-order valence-electron chi connectivity index (χ3n) is 3.06. The van der Waals surface area contributed by atoms with Crippen molar-refractivity contribution >= 4 is 16.5 Å². The highest BCUT2D eigenvalue weighted by atomic mass is 32.1. The van der Waals surface area contributed by atoms with Crippen LogP contribution in [0.2, 0.25) is 0 Å². The van der Waals surface area contributed by atoms with Crippen molar-refractivity contribution in [2.75, 3.05) is 45.1 Å².